The Labute approximate surface area is 98.2 Å². The zero-order chi connectivity index (χ0) is 11.9. The molecule has 1 atom stereocenters. The zero-order valence-electron chi connectivity index (χ0n) is 8.95. The fourth-order valence-corrected chi connectivity index (χ4v) is 2.21. The Hall–Kier alpha value is -1.55. The molecule has 1 aromatic rings. The van der Waals surface area contributed by atoms with E-state index in [-0.39, 0.29) is 11.8 Å². The van der Waals surface area contributed by atoms with Crippen molar-refractivity contribution in [2.75, 3.05) is 11.9 Å². The molecule has 0 bridgehead atoms. The summed E-state index contributed by atoms with van der Waals surface area (Å²) in [7, 11) is 1.65. The van der Waals surface area contributed by atoms with Gasteiger partial charge in [-0.05, 0) is 6.07 Å². The number of fused-ring (bicyclic) bond motifs is 1. The highest BCUT2D eigenvalue weighted by Crippen LogP contribution is 2.39. The van der Waals surface area contributed by atoms with Gasteiger partial charge in [-0.15, -0.1) is 0 Å². The monoisotopic (exact) mass is 238 g/mol. The molecular formula is C11H11ClN2O2. The molecule has 1 N–H and O–H groups in total. The maximum atomic E-state index is 11.9. The molecule has 0 radical (unpaired) electrons. The van der Waals surface area contributed by atoms with Crippen LogP contribution in [0.5, 0.6) is 0 Å². The summed E-state index contributed by atoms with van der Waals surface area (Å²) in [6, 6.07) is 4.67. The Morgan fingerprint density at radius 2 is 2.19 bits per heavy atom. The minimum atomic E-state index is -0.615. The van der Waals surface area contributed by atoms with Crippen LogP contribution in [0, 0.1) is 0 Å². The van der Waals surface area contributed by atoms with E-state index >= 15 is 0 Å². The number of anilines is 1. The highest BCUT2D eigenvalue weighted by molar-refractivity contribution is 6.34. The molecule has 2 amide bonds. The van der Waals surface area contributed by atoms with E-state index in [1.807, 2.05) is 0 Å². The lowest BCUT2D eigenvalue weighted by molar-refractivity contribution is -0.125. The van der Waals surface area contributed by atoms with Crippen molar-refractivity contribution in [1.29, 1.82) is 0 Å². The van der Waals surface area contributed by atoms with E-state index in [4.69, 9.17) is 11.6 Å². The predicted molar refractivity (Wildman–Crippen MR) is 61.4 cm³/mol. The van der Waals surface area contributed by atoms with Crippen LogP contribution in [-0.4, -0.2) is 18.9 Å². The molecule has 0 spiro atoms. The Bertz CT molecular complexity index is 473. The molecule has 2 rings (SSSR count). The van der Waals surface area contributed by atoms with Gasteiger partial charge >= 0.3 is 0 Å². The van der Waals surface area contributed by atoms with E-state index < -0.39 is 6.04 Å². The summed E-state index contributed by atoms with van der Waals surface area (Å²) in [6.45, 7) is 1.38. The number of likely N-dealkylation sites (N-methyl/N-ethyl adjacent to an activating group) is 1. The van der Waals surface area contributed by atoms with Gasteiger partial charge in [0.1, 0.15) is 6.04 Å². The van der Waals surface area contributed by atoms with Crippen LogP contribution in [0.3, 0.4) is 0 Å². The Morgan fingerprint density at radius 1 is 1.50 bits per heavy atom. The summed E-state index contributed by atoms with van der Waals surface area (Å²) in [5, 5.41) is 3.13. The maximum Gasteiger partial charge on any atom is 0.254 e. The van der Waals surface area contributed by atoms with Gasteiger partial charge in [-0.25, -0.2) is 0 Å². The highest BCUT2D eigenvalue weighted by atomic mass is 35.5. The number of carbonyl (C=O) groups excluding carboxylic acids is 2. The van der Waals surface area contributed by atoms with Gasteiger partial charge in [-0.1, -0.05) is 23.7 Å². The van der Waals surface area contributed by atoms with E-state index in [1.165, 1.54) is 11.8 Å². The number of hydrogen-bond acceptors (Lipinski definition) is 2. The van der Waals surface area contributed by atoms with Crippen LogP contribution < -0.4 is 10.2 Å². The average Bonchev–Trinajstić information content (AvgIpc) is 2.44. The fourth-order valence-electron chi connectivity index (χ4n) is 1.90. The fraction of sp³-hybridized carbons (Fsp3) is 0.273. The smallest absolute Gasteiger partial charge is 0.254 e. The second kappa shape index (κ2) is 3.79. The third kappa shape index (κ3) is 1.55. The van der Waals surface area contributed by atoms with Gasteiger partial charge in [0.15, 0.2) is 0 Å². The number of rotatable bonds is 1. The van der Waals surface area contributed by atoms with E-state index in [9.17, 15) is 9.59 Å². The molecule has 1 aliphatic heterocycles. The maximum absolute atomic E-state index is 11.9. The summed E-state index contributed by atoms with van der Waals surface area (Å²) >= 11 is 6.03. The van der Waals surface area contributed by atoms with E-state index in [1.54, 1.807) is 25.2 Å². The predicted octanol–water partition coefficient (Wildman–Crippen LogP) is 1.49. The summed E-state index contributed by atoms with van der Waals surface area (Å²) in [6.07, 6.45) is 0. The van der Waals surface area contributed by atoms with Crippen LogP contribution in [-0.2, 0) is 9.59 Å². The summed E-state index contributed by atoms with van der Waals surface area (Å²) in [5.74, 6) is -0.405. The normalized spacial score (nSPS) is 18.6. The van der Waals surface area contributed by atoms with Crippen molar-refractivity contribution in [1.82, 2.24) is 5.32 Å². The van der Waals surface area contributed by atoms with Crippen molar-refractivity contribution >= 4 is 29.1 Å². The van der Waals surface area contributed by atoms with Crippen molar-refractivity contribution in [3.05, 3.63) is 28.8 Å². The Kier molecular flexibility index (Phi) is 2.59. The first kappa shape index (κ1) is 11.0. The zero-order valence-corrected chi connectivity index (χ0v) is 9.71. The third-order valence-electron chi connectivity index (χ3n) is 2.59. The Morgan fingerprint density at radius 3 is 2.81 bits per heavy atom. The van der Waals surface area contributed by atoms with Gasteiger partial charge in [-0.2, -0.15) is 0 Å². The van der Waals surface area contributed by atoms with Crippen LogP contribution in [0.4, 0.5) is 5.69 Å². The molecule has 0 saturated carbocycles. The highest BCUT2D eigenvalue weighted by Gasteiger charge is 2.36. The topological polar surface area (TPSA) is 49.4 Å². The number of benzene rings is 1. The molecule has 5 heteroatoms. The first-order chi connectivity index (χ1) is 7.52. The molecule has 4 nitrogen and oxygen atoms in total. The number of para-hydroxylation sites is 1. The van der Waals surface area contributed by atoms with Gasteiger partial charge in [0.2, 0.25) is 5.91 Å². The van der Waals surface area contributed by atoms with Gasteiger partial charge in [0.05, 0.1) is 10.7 Å². The minimum Gasteiger partial charge on any atom is -0.341 e. The van der Waals surface area contributed by atoms with Crippen LogP contribution >= 0.6 is 11.6 Å². The second-order valence-electron chi connectivity index (χ2n) is 3.71. The number of hydrogen-bond donors (Lipinski definition) is 1. The lowest BCUT2D eigenvalue weighted by Gasteiger charge is -2.11. The molecule has 0 aliphatic carbocycles. The average molecular weight is 239 g/mol. The molecule has 1 heterocycles. The van der Waals surface area contributed by atoms with Crippen LogP contribution in [0.2, 0.25) is 5.02 Å². The van der Waals surface area contributed by atoms with Crippen molar-refractivity contribution in [3.63, 3.8) is 0 Å². The number of nitrogens with zero attached hydrogens (tertiary/aromatic N) is 1. The SMILES string of the molecule is CC(=O)NC1C(=O)N(C)c2c(Cl)cccc21. The molecule has 1 aliphatic rings. The molecule has 0 aromatic heterocycles. The largest absolute Gasteiger partial charge is 0.341 e. The van der Waals surface area contributed by atoms with Crippen LogP contribution in [0.25, 0.3) is 0 Å². The first-order valence-electron chi connectivity index (χ1n) is 4.85. The van der Waals surface area contributed by atoms with Crippen molar-refractivity contribution in [2.45, 2.75) is 13.0 Å². The van der Waals surface area contributed by atoms with Crippen molar-refractivity contribution in [3.8, 4) is 0 Å². The molecule has 0 saturated heterocycles. The molecule has 1 aromatic carbocycles. The lowest BCUT2D eigenvalue weighted by Crippen LogP contribution is -2.34. The molecular weight excluding hydrogens is 228 g/mol. The number of carbonyl (C=O) groups is 2. The molecule has 1 unspecified atom stereocenters. The summed E-state index contributed by atoms with van der Waals surface area (Å²) in [4.78, 5) is 24.4. The van der Waals surface area contributed by atoms with Crippen molar-refractivity contribution < 1.29 is 9.59 Å². The number of amides is 2. The van der Waals surface area contributed by atoms with Gasteiger partial charge in [0, 0.05) is 19.5 Å². The number of halogens is 1. The van der Waals surface area contributed by atoms with Gasteiger partial charge in [-0.3, -0.25) is 9.59 Å². The molecule has 0 fully saturated rings. The number of nitrogens with one attached hydrogen (secondary N) is 1. The quantitative estimate of drug-likeness (QED) is 0.806. The summed E-state index contributed by atoms with van der Waals surface area (Å²) in [5.41, 5.74) is 1.42. The minimum absolute atomic E-state index is 0.168. The second-order valence-corrected chi connectivity index (χ2v) is 4.12. The van der Waals surface area contributed by atoms with E-state index in [0.29, 0.717) is 10.7 Å². The first-order valence-corrected chi connectivity index (χ1v) is 5.23. The Balaban J connectivity index is 2.50. The van der Waals surface area contributed by atoms with Gasteiger partial charge < -0.3 is 10.2 Å². The van der Waals surface area contributed by atoms with Crippen LogP contribution in [0.15, 0.2) is 18.2 Å². The van der Waals surface area contributed by atoms with Crippen molar-refractivity contribution in [2.24, 2.45) is 0 Å². The van der Waals surface area contributed by atoms with Gasteiger partial charge in [0.25, 0.3) is 5.91 Å². The molecule has 16 heavy (non-hydrogen) atoms. The van der Waals surface area contributed by atoms with Crippen LogP contribution in [0.1, 0.15) is 18.5 Å². The van der Waals surface area contributed by atoms with E-state index in [2.05, 4.69) is 5.32 Å². The van der Waals surface area contributed by atoms with E-state index in [0.717, 1.165) is 5.56 Å². The third-order valence-corrected chi connectivity index (χ3v) is 2.89. The standard InChI is InChI=1S/C11H11ClN2O2/c1-6(15)13-9-7-4-3-5-8(12)10(7)14(2)11(9)16/h3-5,9H,1-2H3,(H,13,15). The lowest BCUT2D eigenvalue weighted by atomic mass is 10.1. The molecule has 84 valence electrons. The summed E-state index contributed by atoms with van der Waals surface area (Å²) < 4.78 is 0.